The lowest BCUT2D eigenvalue weighted by Crippen LogP contribution is -2.53. The Hall–Kier alpha value is -0.000000000000000222. The number of aliphatic hydroxyl groups is 1. The average molecular weight is 931 g/mol. The molecule has 0 aromatic rings. The summed E-state index contributed by atoms with van der Waals surface area (Å²) in [5, 5.41) is 16.4. The van der Waals surface area contributed by atoms with Crippen molar-refractivity contribution in [2.45, 2.75) is 212 Å². The Bertz CT molecular complexity index is 1310. The summed E-state index contributed by atoms with van der Waals surface area (Å²) in [6.45, 7) is 0. The van der Waals surface area contributed by atoms with Crippen molar-refractivity contribution < 1.29 is 18.8 Å². The Kier molecular flexibility index (Phi) is 14.0. The predicted octanol–water partition coefficient (Wildman–Crippen LogP) is 9.48. The van der Waals surface area contributed by atoms with Gasteiger partial charge in [-0.25, -0.2) is 0 Å². The first-order chi connectivity index (χ1) is 29.0. The van der Waals surface area contributed by atoms with Gasteiger partial charge in [-0.3, -0.25) is 11.1 Å². The summed E-state index contributed by atoms with van der Waals surface area (Å²) in [5.41, 5.74) is 14.7. The Labute approximate surface area is 400 Å². The van der Waals surface area contributed by atoms with Crippen LogP contribution in [0.2, 0.25) is 0 Å². The van der Waals surface area contributed by atoms with Crippen LogP contribution in [-0.2, 0) is 12.6 Å². The highest BCUT2D eigenvalue weighted by Crippen LogP contribution is 2.62. The van der Waals surface area contributed by atoms with Gasteiger partial charge in [-0.15, -0.1) is 0 Å². The third kappa shape index (κ3) is 11.1. The van der Waals surface area contributed by atoms with Gasteiger partial charge in [0.1, 0.15) is 0 Å². The lowest BCUT2D eigenvalue weighted by molar-refractivity contribution is -0.124. The standard InChI is InChI=1S/C11H18N2S.C10H16O.2C10H16S.C10H15.CH4N2S.H2O/c12-10(13)14-11-4-7-1-8(5-11)3-9(2-7)6-11;3*11-10-4-7-1-8(5-10)3-9(2-7)6-10;1-7-2-9-4-8(1)5-10(3-7)6-9;2-1(3)4;/h7-9H,1-6H2,(H3,12,13);3*7-9,11H,1-6H2;7-9H,1-6H2;(H4,2,3,4);1H2/q;;;;+1;;/p+2. The molecule has 0 aromatic heterocycles. The van der Waals surface area contributed by atoms with E-state index < -0.39 is 0 Å². The molecule has 0 aliphatic heterocycles. The summed E-state index contributed by atoms with van der Waals surface area (Å²) in [4.78, 5) is 0. The first kappa shape index (κ1) is 47.1. The Morgan fingerprint density at radius 2 is 0.758 bits per heavy atom. The summed E-state index contributed by atoms with van der Waals surface area (Å²) >= 11 is 16.4. The van der Waals surface area contributed by atoms with E-state index in [-0.39, 0.29) is 19.0 Å². The maximum Gasteiger partial charge on any atom is 1.00 e. The quantitative estimate of drug-likeness (QED) is 0.0382. The summed E-state index contributed by atoms with van der Waals surface area (Å²) in [6, 6.07) is 0. The number of rotatable bonds is 1. The highest BCUT2D eigenvalue weighted by atomic mass is 32.2. The van der Waals surface area contributed by atoms with Gasteiger partial charge in [0, 0.05) is 27.2 Å². The van der Waals surface area contributed by atoms with E-state index in [1.807, 2.05) is 5.92 Å². The minimum Gasteiger partial charge on any atom is -0.786 e. The van der Waals surface area contributed by atoms with Gasteiger partial charge in [0.05, 0.1) is 30.8 Å². The van der Waals surface area contributed by atoms with Gasteiger partial charge in [0.2, 0.25) is 0 Å². The minimum atomic E-state index is -0.200. The molecule has 0 unspecified atom stereocenters. The minimum absolute atomic E-state index is 0. The summed E-state index contributed by atoms with van der Waals surface area (Å²) in [6.07, 6.45) is 43.2. The van der Waals surface area contributed by atoms with Crippen LogP contribution in [0.25, 0.3) is 0 Å². The molecule has 0 saturated heterocycles. The first-order valence-corrected chi connectivity index (χ1v) is 28.2. The van der Waals surface area contributed by atoms with Gasteiger partial charge < -0.3 is 34.7 Å². The molecule has 6 nitrogen and oxygen atoms in total. The molecule has 10 heteroatoms. The second-order valence-corrected chi connectivity index (χ2v) is 29.9. The summed E-state index contributed by atoms with van der Waals surface area (Å²) in [5.74, 6) is 17.3. The van der Waals surface area contributed by atoms with E-state index in [2.05, 4.69) is 23.7 Å². The molecule has 11 N–H and O–H groups in total. The molecule has 20 rings (SSSR count). The van der Waals surface area contributed by atoms with Crippen LogP contribution in [0.15, 0.2) is 0 Å². The van der Waals surface area contributed by atoms with Crippen LogP contribution in [0.1, 0.15) is 195 Å². The van der Waals surface area contributed by atoms with Crippen molar-refractivity contribution in [3.8, 4) is 0 Å². The molecule has 0 heterocycles. The molecule has 0 spiro atoms. The number of thioether (sulfide) groups is 1. The third-order valence-electron chi connectivity index (χ3n) is 20.0. The monoisotopic (exact) mass is 930 g/mol. The van der Waals surface area contributed by atoms with Crippen LogP contribution in [0.5, 0.6) is 0 Å². The molecule has 62 heavy (non-hydrogen) atoms. The maximum absolute atomic E-state index is 10.1. The lowest BCUT2D eigenvalue weighted by Gasteiger charge is -2.61. The molecule has 0 radical (unpaired) electrons. The van der Waals surface area contributed by atoms with Crippen molar-refractivity contribution in [2.75, 3.05) is 0 Å². The van der Waals surface area contributed by atoms with Gasteiger partial charge in [-0.2, -0.15) is 17.4 Å². The number of amidine groups is 1. The fourth-order valence-corrected chi connectivity index (χ4v) is 23.2. The zero-order chi connectivity index (χ0) is 42.3. The van der Waals surface area contributed by atoms with Gasteiger partial charge in [-0.05, 0) is 249 Å². The lowest BCUT2D eigenvalue weighted by atomic mass is 9.54. The predicted molar refractivity (Wildman–Crippen MR) is 269 cm³/mol. The molecule has 20 bridgehead atoms. The fraction of sp³-hybridized carbons (Fsp3) is 0.942. The van der Waals surface area contributed by atoms with Crippen LogP contribution in [-0.4, -0.2) is 40.7 Å². The topological polar surface area (TPSA) is 155 Å². The van der Waals surface area contributed by atoms with Gasteiger partial charge >= 0.3 is 2.85 Å². The molecule has 20 aliphatic carbocycles. The van der Waals surface area contributed by atoms with Crippen molar-refractivity contribution in [3.05, 3.63) is 5.92 Å². The van der Waals surface area contributed by atoms with E-state index in [0.29, 0.717) is 19.4 Å². The molecule has 20 saturated carbocycles. The van der Waals surface area contributed by atoms with Crippen molar-refractivity contribution in [1.82, 2.24) is 0 Å². The molecule has 0 atom stereocenters. The highest BCUT2D eigenvalue weighted by molar-refractivity contribution is 8.14. The van der Waals surface area contributed by atoms with Crippen molar-refractivity contribution in [2.24, 2.45) is 106 Å². The van der Waals surface area contributed by atoms with Crippen molar-refractivity contribution >= 4 is 59.5 Å². The Balaban J connectivity index is 0.000000116. The number of thiocarbonyl (C=S) groups is 1. The van der Waals surface area contributed by atoms with Crippen LogP contribution >= 0.6 is 36.6 Å². The summed E-state index contributed by atoms with van der Waals surface area (Å²) < 4.78 is 1.33. The largest absolute Gasteiger partial charge is 1.00 e. The van der Waals surface area contributed by atoms with E-state index in [0.717, 1.165) is 108 Å². The van der Waals surface area contributed by atoms with Crippen LogP contribution < -0.4 is 22.6 Å². The van der Waals surface area contributed by atoms with Gasteiger partial charge in [0.15, 0.2) is 5.11 Å². The second kappa shape index (κ2) is 18.5. The third-order valence-corrected chi connectivity index (χ3v) is 22.3. The number of hydrogen-bond acceptors (Lipinski definition) is 5. The van der Waals surface area contributed by atoms with Gasteiger partial charge in [-0.1, -0.05) is 19.3 Å². The van der Waals surface area contributed by atoms with Crippen molar-refractivity contribution in [1.29, 1.82) is 0 Å². The van der Waals surface area contributed by atoms with Crippen LogP contribution in [0.3, 0.4) is 0 Å². The van der Waals surface area contributed by atoms with E-state index >= 15 is 0 Å². The average Bonchev–Trinajstić information content (AvgIpc) is 3.08. The molecule has 20 fully saturated rings. The van der Waals surface area contributed by atoms with E-state index in [1.165, 1.54) is 135 Å². The molecular formula is C52H89N4O2S4+3. The van der Waals surface area contributed by atoms with Gasteiger partial charge in [0.25, 0.3) is 5.17 Å². The summed E-state index contributed by atoms with van der Waals surface area (Å²) in [7, 11) is 0. The molecule has 350 valence electrons. The smallest absolute Gasteiger partial charge is 0.786 e. The van der Waals surface area contributed by atoms with Crippen LogP contribution in [0, 0.1) is 94.7 Å². The number of nitrogens with two attached hydrogens (primary N) is 4. The molecule has 0 amide bonds. The SMILES string of the molecule is C1[C+]2CC3CC1CC(C2)C3.NC(=[NH2+])SC12CC3CC(CC(C3)C1)C2.NC(N)=S.O.OC12CC3CC(CC(C3)C1)C2.SC12CC3CC(CC(C3)C1)C2.[H+].[H+].[S-]C12CC3CC(CC(C3)C1)C2. The van der Waals surface area contributed by atoms with E-state index in [4.69, 9.17) is 36.4 Å². The molecule has 20 aliphatic rings. The highest BCUT2D eigenvalue weighted by Gasteiger charge is 2.54. The molecule has 0 aromatic carbocycles. The first-order valence-electron chi connectivity index (χ1n) is 26.1. The van der Waals surface area contributed by atoms with Crippen molar-refractivity contribution in [3.63, 3.8) is 0 Å². The Morgan fingerprint density at radius 3 is 0.984 bits per heavy atom. The maximum atomic E-state index is 10.1. The molecular weight excluding hydrogens is 841 g/mol. The number of hydrogen-bond donors (Lipinski definition) is 6. The number of thiol groups is 1. The van der Waals surface area contributed by atoms with Crippen LogP contribution in [0.4, 0.5) is 0 Å². The fourth-order valence-electron chi connectivity index (χ4n) is 20.2. The normalized spacial score (nSPS) is 51.8. The zero-order valence-corrected chi connectivity index (χ0v) is 41.6. The zero-order valence-electron chi connectivity index (χ0n) is 40.3. The Morgan fingerprint density at radius 1 is 0.516 bits per heavy atom. The van der Waals surface area contributed by atoms with E-state index in [9.17, 15) is 5.11 Å². The van der Waals surface area contributed by atoms with E-state index in [1.54, 1.807) is 50.3 Å². The second-order valence-electron chi connectivity index (χ2n) is 26.1.